The fraction of sp³-hybridized carbons (Fsp3) is 0.650. The summed E-state index contributed by atoms with van der Waals surface area (Å²) < 4.78 is 6.96. The number of fused-ring (bicyclic) bond motifs is 2. The first-order chi connectivity index (χ1) is 11.5. The molecule has 2 unspecified atom stereocenters. The molecule has 3 rings (SSSR count). The van der Waals surface area contributed by atoms with Gasteiger partial charge >= 0.3 is 5.97 Å². The van der Waals surface area contributed by atoms with Crippen molar-refractivity contribution >= 4 is 5.97 Å². The molecule has 2 bridgehead atoms. The molecular weight excluding hydrogens is 302 g/mol. The number of hydrogen-bond donors (Lipinski definition) is 1. The third-order valence-electron chi connectivity index (χ3n) is 6.54. The molecule has 2 aliphatic heterocycles. The van der Waals surface area contributed by atoms with Crippen LogP contribution in [-0.2, 0) is 9.53 Å². The van der Waals surface area contributed by atoms with Crippen molar-refractivity contribution in [3.8, 4) is 0 Å². The van der Waals surface area contributed by atoms with E-state index in [2.05, 4.69) is 20.9 Å². The summed E-state index contributed by atoms with van der Waals surface area (Å²) in [6.07, 6.45) is 4.36. The van der Waals surface area contributed by atoms with Crippen molar-refractivity contribution in [2.75, 3.05) is 13.7 Å². The summed E-state index contributed by atoms with van der Waals surface area (Å²) in [7, 11) is 2.37. The molecule has 0 spiro atoms. The fourth-order valence-electron chi connectivity index (χ4n) is 4.82. The van der Waals surface area contributed by atoms with Crippen LogP contribution in [0.25, 0.3) is 0 Å². The molecule has 4 nitrogen and oxygen atoms in total. The number of carbonyl (C=O) groups excluding carboxylic acids is 1. The third kappa shape index (κ3) is 2.98. The summed E-state index contributed by atoms with van der Waals surface area (Å²) >= 11 is 0. The van der Waals surface area contributed by atoms with Crippen molar-refractivity contribution < 1.29 is 19.1 Å². The minimum absolute atomic E-state index is 0.00212. The molecule has 24 heavy (non-hydrogen) atoms. The van der Waals surface area contributed by atoms with E-state index in [9.17, 15) is 9.90 Å². The first-order valence-electron chi connectivity index (χ1n) is 9.18. The summed E-state index contributed by atoms with van der Waals surface area (Å²) in [5, 5.41) is 9.65. The molecule has 0 amide bonds. The highest BCUT2D eigenvalue weighted by molar-refractivity contribution is 5.78. The van der Waals surface area contributed by atoms with Gasteiger partial charge in [-0.2, -0.15) is 0 Å². The Morgan fingerprint density at radius 2 is 1.79 bits per heavy atom. The maximum Gasteiger partial charge on any atom is 0.316 e. The van der Waals surface area contributed by atoms with Crippen LogP contribution < -0.4 is 0 Å². The van der Waals surface area contributed by atoms with Gasteiger partial charge in [-0.1, -0.05) is 30.3 Å². The number of carbonyl (C=O) groups is 1. The Balaban J connectivity index is 1.66. The SMILES string of the molecule is CC(C)[N+]1(C)C2CCC1CC(OC(=O)[C@@H](CO)c1ccccc1)C2. The van der Waals surface area contributed by atoms with Gasteiger partial charge in [-0.05, 0) is 19.4 Å². The fourth-order valence-corrected chi connectivity index (χ4v) is 4.82. The number of benzene rings is 1. The lowest BCUT2D eigenvalue weighted by Gasteiger charge is -2.49. The van der Waals surface area contributed by atoms with Gasteiger partial charge in [0.05, 0.1) is 31.8 Å². The van der Waals surface area contributed by atoms with E-state index in [-0.39, 0.29) is 18.7 Å². The largest absolute Gasteiger partial charge is 0.461 e. The summed E-state index contributed by atoms with van der Waals surface area (Å²) in [5.41, 5.74) is 0.826. The van der Waals surface area contributed by atoms with Crippen LogP contribution in [0.15, 0.2) is 30.3 Å². The number of ether oxygens (including phenoxy) is 1. The van der Waals surface area contributed by atoms with Gasteiger partial charge in [-0.3, -0.25) is 4.79 Å². The second-order valence-corrected chi connectivity index (χ2v) is 7.88. The Labute approximate surface area is 145 Å². The van der Waals surface area contributed by atoms with E-state index in [1.165, 1.54) is 12.8 Å². The molecule has 4 heteroatoms. The van der Waals surface area contributed by atoms with Gasteiger partial charge in [-0.15, -0.1) is 0 Å². The quantitative estimate of drug-likeness (QED) is 0.666. The maximum absolute atomic E-state index is 12.6. The Hall–Kier alpha value is -1.39. The third-order valence-corrected chi connectivity index (χ3v) is 6.54. The predicted octanol–water partition coefficient (Wildman–Crippen LogP) is 2.85. The van der Waals surface area contributed by atoms with E-state index in [0.29, 0.717) is 18.1 Å². The van der Waals surface area contributed by atoms with E-state index in [1.54, 1.807) is 0 Å². The monoisotopic (exact) mass is 332 g/mol. The van der Waals surface area contributed by atoms with Crippen molar-refractivity contribution in [2.45, 2.75) is 69.7 Å². The summed E-state index contributed by atoms with van der Waals surface area (Å²) in [4.78, 5) is 12.6. The van der Waals surface area contributed by atoms with Gasteiger partial charge in [0.25, 0.3) is 0 Å². The first kappa shape index (κ1) is 17.4. The molecule has 3 atom stereocenters. The maximum atomic E-state index is 12.6. The normalized spacial score (nSPS) is 33.5. The summed E-state index contributed by atoms with van der Waals surface area (Å²) in [6, 6.07) is 11.2. The Bertz CT molecular complexity index is 558. The van der Waals surface area contributed by atoms with Crippen LogP contribution in [0, 0.1) is 0 Å². The predicted molar refractivity (Wildman–Crippen MR) is 93.5 cm³/mol. The molecule has 1 N–H and O–H groups in total. The number of nitrogens with zero attached hydrogens (tertiary/aromatic N) is 1. The Morgan fingerprint density at radius 1 is 1.21 bits per heavy atom. The lowest BCUT2D eigenvalue weighted by molar-refractivity contribution is -0.968. The molecule has 0 saturated carbocycles. The van der Waals surface area contributed by atoms with Gasteiger partial charge in [0.15, 0.2) is 0 Å². The number of quaternary nitrogens is 1. The summed E-state index contributed by atoms with van der Waals surface area (Å²) in [5.74, 6) is -0.856. The highest BCUT2D eigenvalue weighted by Gasteiger charge is 2.53. The number of aliphatic hydroxyl groups excluding tert-OH is 1. The first-order valence-corrected chi connectivity index (χ1v) is 9.18. The average Bonchev–Trinajstić information content (AvgIpc) is 2.74. The van der Waals surface area contributed by atoms with Gasteiger partial charge in [0.1, 0.15) is 12.0 Å². The van der Waals surface area contributed by atoms with E-state index in [1.807, 2.05) is 30.3 Å². The van der Waals surface area contributed by atoms with Crippen molar-refractivity contribution in [3.63, 3.8) is 0 Å². The van der Waals surface area contributed by atoms with Crippen molar-refractivity contribution in [2.24, 2.45) is 0 Å². The van der Waals surface area contributed by atoms with Crippen LogP contribution >= 0.6 is 0 Å². The van der Waals surface area contributed by atoms with Crippen molar-refractivity contribution in [1.29, 1.82) is 0 Å². The standard InChI is InChI=1S/C20H30NO3/c1-14(2)21(3)16-9-10-17(21)12-18(11-16)24-20(23)19(13-22)15-7-5-4-6-8-15/h4-8,14,16-19,22H,9-13H2,1-3H3/q+1/t16?,17?,18?,19-,21?/m0/s1. The van der Waals surface area contributed by atoms with Gasteiger partial charge < -0.3 is 14.3 Å². The van der Waals surface area contributed by atoms with Crippen LogP contribution in [0.4, 0.5) is 0 Å². The van der Waals surface area contributed by atoms with Crippen molar-refractivity contribution in [3.05, 3.63) is 35.9 Å². The molecule has 1 aromatic carbocycles. The Morgan fingerprint density at radius 3 is 2.29 bits per heavy atom. The smallest absolute Gasteiger partial charge is 0.316 e. The van der Waals surface area contributed by atoms with Crippen LogP contribution in [0.3, 0.4) is 0 Å². The average molecular weight is 332 g/mol. The molecule has 2 fully saturated rings. The van der Waals surface area contributed by atoms with E-state index < -0.39 is 5.92 Å². The lowest BCUT2D eigenvalue weighted by Crippen LogP contribution is -2.62. The molecule has 2 heterocycles. The number of aliphatic hydroxyl groups is 1. The zero-order chi connectivity index (χ0) is 17.3. The molecule has 132 valence electrons. The minimum atomic E-state index is -0.572. The number of hydrogen-bond acceptors (Lipinski definition) is 3. The lowest BCUT2D eigenvalue weighted by atomic mass is 9.94. The van der Waals surface area contributed by atoms with E-state index >= 15 is 0 Å². The molecule has 2 saturated heterocycles. The molecule has 0 radical (unpaired) electrons. The zero-order valence-corrected chi connectivity index (χ0v) is 15.0. The van der Waals surface area contributed by atoms with Gasteiger partial charge in [-0.25, -0.2) is 0 Å². The van der Waals surface area contributed by atoms with Crippen LogP contribution in [0.5, 0.6) is 0 Å². The minimum Gasteiger partial charge on any atom is -0.461 e. The number of esters is 1. The highest BCUT2D eigenvalue weighted by Crippen LogP contribution is 2.44. The van der Waals surface area contributed by atoms with E-state index in [4.69, 9.17) is 4.74 Å². The van der Waals surface area contributed by atoms with Gasteiger partial charge in [0.2, 0.25) is 0 Å². The highest BCUT2D eigenvalue weighted by atomic mass is 16.5. The van der Waals surface area contributed by atoms with Gasteiger partial charge in [0, 0.05) is 25.7 Å². The second-order valence-electron chi connectivity index (χ2n) is 7.88. The van der Waals surface area contributed by atoms with Crippen LogP contribution in [-0.4, -0.2) is 53.4 Å². The molecule has 0 aliphatic carbocycles. The zero-order valence-electron chi connectivity index (χ0n) is 15.0. The van der Waals surface area contributed by atoms with E-state index in [0.717, 1.165) is 22.9 Å². The molecule has 1 aromatic rings. The Kier molecular flexibility index (Phi) is 4.97. The van der Waals surface area contributed by atoms with Crippen molar-refractivity contribution in [1.82, 2.24) is 0 Å². The van der Waals surface area contributed by atoms with Crippen LogP contribution in [0.2, 0.25) is 0 Å². The molecular formula is C20H30NO3+. The topological polar surface area (TPSA) is 46.5 Å². The van der Waals surface area contributed by atoms with Crippen LogP contribution in [0.1, 0.15) is 51.0 Å². The molecule has 2 aliphatic rings. The second kappa shape index (κ2) is 6.85. The summed E-state index contributed by atoms with van der Waals surface area (Å²) in [6.45, 7) is 4.39. The number of piperidine rings is 1. The molecule has 0 aromatic heterocycles. The number of rotatable bonds is 5.